The number of benzene rings is 1. The molecule has 4 atom stereocenters. The number of phenolic OH excluding ortho intramolecular Hbond substituents is 1. The van der Waals surface area contributed by atoms with E-state index in [1.807, 2.05) is 26.1 Å². The first-order valence-electron chi connectivity index (χ1n) is 7.38. The summed E-state index contributed by atoms with van der Waals surface area (Å²) in [5.74, 6) is 0.554. The maximum Gasteiger partial charge on any atom is 0.227 e. The normalized spacial score (nSPS) is 29.4. The zero-order chi connectivity index (χ0) is 14.3. The molecule has 0 spiro atoms. The second-order valence-electron chi connectivity index (χ2n) is 6.07. The number of rotatable bonds is 3. The monoisotopic (exact) mass is 274 g/mol. The van der Waals surface area contributed by atoms with E-state index >= 15 is 0 Å². The zero-order valence-electron chi connectivity index (χ0n) is 12.0. The Bertz CT molecular complexity index is 517. The van der Waals surface area contributed by atoms with Crippen LogP contribution in [0.25, 0.3) is 0 Å². The predicted octanol–water partition coefficient (Wildman–Crippen LogP) is 2.05. The van der Waals surface area contributed by atoms with Crippen molar-refractivity contribution in [3.63, 3.8) is 0 Å². The molecule has 4 unspecified atom stereocenters. The van der Waals surface area contributed by atoms with Crippen LogP contribution in [0.2, 0.25) is 0 Å². The first-order chi connectivity index (χ1) is 9.58. The molecule has 1 amide bonds. The van der Waals surface area contributed by atoms with Gasteiger partial charge < -0.3 is 15.3 Å². The van der Waals surface area contributed by atoms with E-state index in [0.717, 1.165) is 18.4 Å². The molecular weight excluding hydrogens is 252 g/mol. The lowest BCUT2D eigenvalue weighted by molar-refractivity contribution is -0.136. The van der Waals surface area contributed by atoms with Crippen molar-refractivity contribution in [3.05, 3.63) is 29.8 Å². The molecule has 4 heteroatoms. The van der Waals surface area contributed by atoms with Crippen LogP contribution in [0.1, 0.15) is 37.8 Å². The van der Waals surface area contributed by atoms with E-state index in [-0.39, 0.29) is 23.6 Å². The van der Waals surface area contributed by atoms with Crippen molar-refractivity contribution < 1.29 is 9.90 Å². The Hall–Kier alpha value is -1.55. The number of aromatic hydroxyl groups is 1. The van der Waals surface area contributed by atoms with E-state index in [2.05, 4.69) is 5.32 Å². The summed E-state index contributed by atoms with van der Waals surface area (Å²) in [7, 11) is 1.84. The minimum Gasteiger partial charge on any atom is -0.508 e. The molecule has 1 aromatic carbocycles. The van der Waals surface area contributed by atoms with Crippen molar-refractivity contribution in [1.82, 2.24) is 10.2 Å². The standard InChI is InChI=1S/C16H22N2O2/c1-10(12-5-3-4-6-15(12)19)18(2)16(20)13-9-11-7-8-14(13)17-11/h3-6,10-11,13-14,17,19H,7-9H2,1-2H3. The summed E-state index contributed by atoms with van der Waals surface area (Å²) in [6.07, 6.45) is 3.27. The van der Waals surface area contributed by atoms with Crippen molar-refractivity contribution in [2.45, 2.75) is 44.3 Å². The summed E-state index contributed by atoms with van der Waals surface area (Å²) in [6, 6.07) is 8.01. The van der Waals surface area contributed by atoms with Crippen LogP contribution in [0.5, 0.6) is 5.75 Å². The first-order valence-corrected chi connectivity index (χ1v) is 7.38. The van der Waals surface area contributed by atoms with Crippen LogP contribution >= 0.6 is 0 Å². The first kappa shape index (κ1) is 13.4. The van der Waals surface area contributed by atoms with E-state index in [4.69, 9.17) is 0 Å². The van der Waals surface area contributed by atoms with Crippen LogP contribution in [0.15, 0.2) is 24.3 Å². The molecule has 1 aromatic rings. The molecule has 2 aliphatic rings. The van der Waals surface area contributed by atoms with E-state index in [1.165, 1.54) is 6.42 Å². The van der Waals surface area contributed by atoms with Crippen LogP contribution in [-0.4, -0.2) is 35.0 Å². The third-order valence-electron chi connectivity index (χ3n) is 4.93. The minimum atomic E-state index is -0.108. The van der Waals surface area contributed by atoms with Gasteiger partial charge in [-0.3, -0.25) is 4.79 Å². The number of nitrogens with one attached hydrogen (secondary N) is 1. The highest BCUT2D eigenvalue weighted by Gasteiger charge is 2.44. The third-order valence-corrected chi connectivity index (χ3v) is 4.93. The molecule has 3 rings (SSSR count). The van der Waals surface area contributed by atoms with Gasteiger partial charge >= 0.3 is 0 Å². The van der Waals surface area contributed by atoms with Crippen LogP contribution in [0, 0.1) is 5.92 Å². The summed E-state index contributed by atoms with van der Waals surface area (Å²) in [4.78, 5) is 14.4. The van der Waals surface area contributed by atoms with Crippen LogP contribution < -0.4 is 5.32 Å². The molecule has 4 nitrogen and oxygen atoms in total. The summed E-state index contributed by atoms with van der Waals surface area (Å²) >= 11 is 0. The highest BCUT2D eigenvalue weighted by molar-refractivity contribution is 5.80. The molecule has 2 fully saturated rings. The Morgan fingerprint density at radius 3 is 2.75 bits per heavy atom. The van der Waals surface area contributed by atoms with E-state index in [9.17, 15) is 9.90 Å². The molecule has 0 radical (unpaired) electrons. The number of para-hydroxylation sites is 1. The fraction of sp³-hybridized carbons (Fsp3) is 0.562. The highest BCUT2D eigenvalue weighted by Crippen LogP contribution is 2.36. The third kappa shape index (κ3) is 2.18. The molecule has 2 bridgehead atoms. The van der Waals surface area contributed by atoms with E-state index in [0.29, 0.717) is 12.1 Å². The van der Waals surface area contributed by atoms with Gasteiger partial charge in [0.2, 0.25) is 5.91 Å². The van der Waals surface area contributed by atoms with Gasteiger partial charge in [-0.25, -0.2) is 0 Å². The number of fused-ring (bicyclic) bond motifs is 2. The Morgan fingerprint density at radius 2 is 2.15 bits per heavy atom. The molecule has 2 heterocycles. The lowest BCUT2D eigenvalue weighted by Crippen LogP contribution is -2.40. The average molecular weight is 274 g/mol. The van der Waals surface area contributed by atoms with Gasteiger partial charge in [-0.05, 0) is 32.3 Å². The number of hydrogen-bond acceptors (Lipinski definition) is 3. The predicted molar refractivity (Wildman–Crippen MR) is 77.3 cm³/mol. The summed E-state index contributed by atoms with van der Waals surface area (Å²) < 4.78 is 0. The van der Waals surface area contributed by atoms with Gasteiger partial charge in [-0.15, -0.1) is 0 Å². The Morgan fingerprint density at radius 1 is 1.40 bits per heavy atom. The fourth-order valence-corrected chi connectivity index (χ4v) is 3.60. The molecule has 108 valence electrons. The number of nitrogens with zero attached hydrogens (tertiary/aromatic N) is 1. The Labute approximate surface area is 119 Å². The highest BCUT2D eigenvalue weighted by atomic mass is 16.3. The minimum absolute atomic E-state index is 0.104. The SMILES string of the molecule is CC(c1ccccc1O)N(C)C(=O)C1CC2CCC1N2. The summed E-state index contributed by atoms with van der Waals surface area (Å²) in [5.41, 5.74) is 0.805. The number of phenols is 1. The Balaban J connectivity index is 1.74. The molecule has 2 N–H and O–H groups in total. The van der Waals surface area contributed by atoms with Crippen molar-refractivity contribution >= 4 is 5.91 Å². The molecule has 2 aliphatic heterocycles. The van der Waals surface area contributed by atoms with Gasteiger partial charge in [-0.1, -0.05) is 18.2 Å². The second kappa shape index (κ2) is 5.09. The largest absolute Gasteiger partial charge is 0.508 e. The fourth-order valence-electron chi connectivity index (χ4n) is 3.60. The second-order valence-corrected chi connectivity index (χ2v) is 6.07. The van der Waals surface area contributed by atoms with Gasteiger partial charge in [0.25, 0.3) is 0 Å². The molecular formula is C16H22N2O2. The Kier molecular flexibility index (Phi) is 3.42. The van der Waals surface area contributed by atoms with Crippen molar-refractivity contribution in [2.75, 3.05) is 7.05 Å². The summed E-state index contributed by atoms with van der Waals surface area (Å²) in [5, 5.41) is 13.4. The van der Waals surface area contributed by atoms with E-state index in [1.54, 1.807) is 17.0 Å². The van der Waals surface area contributed by atoms with Gasteiger partial charge in [0.15, 0.2) is 0 Å². The van der Waals surface area contributed by atoms with Gasteiger partial charge in [0, 0.05) is 24.7 Å². The van der Waals surface area contributed by atoms with Gasteiger partial charge in [-0.2, -0.15) is 0 Å². The number of amides is 1. The number of carbonyl (C=O) groups excluding carboxylic acids is 1. The van der Waals surface area contributed by atoms with Crippen molar-refractivity contribution in [1.29, 1.82) is 0 Å². The van der Waals surface area contributed by atoms with Gasteiger partial charge in [0.1, 0.15) is 5.75 Å². The maximum absolute atomic E-state index is 12.7. The number of carbonyl (C=O) groups is 1. The lowest BCUT2D eigenvalue weighted by atomic mass is 9.87. The average Bonchev–Trinajstić information content (AvgIpc) is 3.08. The van der Waals surface area contributed by atoms with Crippen molar-refractivity contribution in [3.8, 4) is 5.75 Å². The van der Waals surface area contributed by atoms with Gasteiger partial charge in [0.05, 0.1) is 12.0 Å². The van der Waals surface area contributed by atoms with Crippen LogP contribution in [0.4, 0.5) is 0 Å². The summed E-state index contributed by atoms with van der Waals surface area (Å²) in [6.45, 7) is 1.97. The van der Waals surface area contributed by atoms with Crippen LogP contribution in [-0.2, 0) is 4.79 Å². The maximum atomic E-state index is 12.7. The lowest BCUT2D eigenvalue weighted by Gasteiger charge is -2.30. The molecule has 0 aromatic heterocycles. The smallest absolute Gasteiger partial charge is 0.227 e. The van der Waals surface area contributed by atoms with Crippen molar-refractivity contribution in [2.24, 2.45) is 5.92 Å². The van der Waals surface area contributed by atoms with Crippen LogP contribution in [0.3, 0.4) is 0 Å². The van der Waals surface area contributed by atoms with E-state index < -0.39 is 0 Å². The molecule has 20 heavy (non-hydrogen) atoms. The quantitative estimate of drug-likeness (QED) is 0.887. The molecule has 0 aliphatic carbocycles. The number of hydrogen-bond donors (Lipinski definition) is 2. The molecule has 2 saturated heterocycles. The topological polar surface area (TPSA) is 52.6 Å². The molecule has 0 saturated carbocycles. The zero-order valence-corrected chi connectivity index (χ0v) is 12.0.